The second-order valence-corrected chi connectivity index (χ2v) is 14.1. The quantitative estimate of drug-likeness (QED) is 0.233. The number of H-pyrrole nitrogens is 1. The molecule has 45 heavy (non-hydrogen) atoms. The molecule has 3 saturated heterocycles. The summed E-state index contributed by atoms with van der Waals surface area (Å²) in [5.41, 5.74) is 3.01. The van der Waals surface area contributed by atoms with Crippen molar-refractivity contribution in [2.45, 2.75) is 37.8 Å². The summed E-state index contributed by atoms with van der Waals surface area (Å²) < 4.78 is 13.9. The van der Waals surface area contributed by atoms with Crippen molar-refractivity contribution in [2.24, 2.45) is 5.41 Å². The highest BCUT2D eigenvalue weighted by Gasteiger charge is 2.36. The number of terminal acetylenes is 1. The molecule has 2 unspecified atom stereocenters. The van der Waals surface area contributed by atoms with Crippen molar-refractivity contribution >= 4 is 69.8 Å². The second kappa shape index (κ2) is 10.4. The molecular formula is C33H28N8O2S2. The van der Waals surface area contributed by atoms with E-state index >= 15 is 0 Å². The summed E-state index contributed by atoms with van der Waals surface area (Å²) in [6, 6.07) is 7.83. The van der Waals surface area contributed by atoms with Gasteiger partial charge in [-0.25, -0.2) is 0 Å². The number of benzene rings is 1. The van der Waals surface area contributed by atoms with E-state index in [4.69, 9.17) is 30.8 Å². The van der Waals surface area contributed by atoms with Gasteiger partial charge in [0.1, 0.15) is 17.3 Å². The van der Waals surface area contributed by atoms with Crippen LogP contribution in [-0.4, -0.2) is 70.1 Å². The van der Waals surface area contributed by atoms with Crippen molar-refractivity contribution < 1.29 is 9.47 Å². The standard InChI is InChI=1S/C33H28N8O2S2/c1-2-18-15-44-24-11-23-22(12-36-40-23)26(25(18)24)28-29-21(5-8-35-28)27-30(41-13-19-3-4-20(14-41)37-19)38-32(39-31(27)45-29)43-17-33(16-34)6-9-42-10-7-33/h1,5,8,11-12,15,19-20,37H,3-4,6-7,9-10,13-14,17H2,(H,36,40). The van der Waals surface area contributed by atoms with E-state index in [0.717, 1.165) is 89.9 Å². The highest BCUT2D eigenvalue weighted by Crippen LogP contribution is 2.47. The zero-order valence-corrected chi connectivity index (χ0v) is 25.9. The summed E-state index contributed by atoms with van der Waals surface area (Å²) in [5, 5.41) is 27.4. The summed E-state index contributed by atoms with van der Waals surface area (Å²) in [7, 11) is 0. The van der Waals surface area contributed by atoms with Crippen molar-refractivity contribution in [3.05, 3.63) is 35.5 Å². The minimum atomic E-state index is -0.605. The maximum absolute atomic E-state index is 10.0. The second-order valence-electron chi connectivity index (χ2n) is 12.2. The monoisotopic (exact) mass is 632 g/mol. The number of ether oxygens (including phenoxy) is 2. The minimum absolute atomic E-state index is 0.232. The van der Waals surface area contributed by atoms with Gasteiger partial charge in [0.25, 0.3) is 0 Å². The number of anilines is 1. The van der Waals surface area contributed by atoms with E-state index in [9.17, 15) is 5.26 Å². The SMILES string of the molecule is C#Cc1csc2cc3[nH]ncc3c(-c3nccc4c3sc3nc(OCC5(C#N)CCOCC5)nc(N5CC6CCC(C5)N6)c34)c12. The van der Waals surface area contributed by atoms with Gasteiger partial charge in [-0.05, 0) is 37.8 Å². The number of piperazine rings is 1. The lowest BCUT2D eigenvalue weighted by Crippen LogP contribution is -2.51. The largest absolute Gasteiger partial charge is 0.462 e. The van der Waals surface area contributed by atoms with Crippen molar-refractivity contribution in [3.8, 4) is 35.7 Å². The first-order chi connectivity index (χ1) is 22.1. The van der Waals surface area contributed by atoms with Gasteiger partial charge < -0.3 is 19.7 Å². The van der Waals surface area contributed by atoms with Crippen LogP contribution < -0.4 is 15.0 Å². The number of nitriles is 1. The highest BCUT2D eigenvalue weighted by molar-refractivity contribution is 7.26. The summed E-state index contributed by atoms with van der Waals surface area (Å²) >= 11 is 3.22. The van der Waals surface area contributed by atoms with Crippen LogP contribution in [0, 0.1) is 29.1 Å². The lowest BCUT2D eigenvalue weighted by molar-refractivity contribution is 0.0175. The molecule has 10 nitrogen and oxygen atoms in total. The van der Waals surface area contributed by atoms with Crippen LogP contribution >= 0.6 is 22.7 Å². The van der Waals surface area contributed by atoms with E-state index in [1.807, 2.05) is 17.8 Å². The van der Waals surface area contributed by atoms with Gasteiger partial charge in [0.2, 0.25) is 0 Å². The predicted molar refractivity (Wildman–Crippen MR) is 177 cm³/mol. The van der Waals surface area contributed by atoms with Crippen LogP contribution in [-0.2, 0) is 4.74 Å². The van der Waals surface area contributed by atoms with Crippen molar-refractivity contribution in [2.75, 3.05) is 37.8 Å². The van der Waals surface area contributed by atoms with Crippen LogP contribution in [0.3, 0.4) is 0 Å². The van der Waals surface area contributed by atoms with Gasteiger partial charge >= 0.3 is 6.01 Å². The van der Waals surface area contributed by atoms with E-state index in [0.29, 0.717) is 44.1 Å². The van der Waals surface area contributed by atoms with Crippen molar-refractivity contribution in [3.63, 3.8) is 0 Å². The Morgan fingerprint density at radius 1 is 1.16 bits per heavy atom. The number of rotatable bonds is 5. The van der Waals surface area contributed by atoms with Crippen LogP contribution in [0.5, 0.6) is 6.01 Å². The van der Waals surface area contributed by atoms with Gasteiger partial charge in [-0.2, -0.15) is 20.3 Å². The fourth-order valence-corrected chi connectivity index (χ4v) is 9.32. The van der Waals surface area contributed by atoms with Crippen LogP contribution in [0.2, 0.25) is 0 Å². The van der Waals surface area contributed by atoms with Crippen molar-refractivity contribution in [1.82, 2.24) is 30.5 Å². The molecular weight excluding hydrogens is 605 g/mol. The van der Waals surface area contributed by atoms with Gasteiger partial charge in [-0.15, -0.1) is 29.1 Å². The zero-order valence-electron chi connectivity index (χ0n) is 24.3. The molecule has 224 valence electrons. The molecule has 2 bridgehead atoms. The molecule has 3 aliphatic heterocycles. The number of aromatic amines is 1. The molecule has 0 radical (unpaired) electrons. The average molecular weight is 633 g/mol. The molecule has 0 saturated carbocycles. The Morgan fingerprint density at radius 2 is 2.00 bits per heavy atom. The Balaban J connectivity index is 1.25. The Kier molecular flexibility index (Phi) is 6.22. The summed E-state index contributed by atoms with van der Waals surface area (Å²) in [5.74, 6) is 3.76. The van der Waals surface area contributed by atoms with Crippen molar-refractivity contribution in [1.29, 1.82) is 5.26 Å². The minimum Gasteiger partial charge on any atom is -0.462 e. The van der Waals surface area contributed by atoms with E-state index in [2.05, 4.69) is 44.5 Å². The Morgan fingerprint density at radius 3 is 2.80 bits per heavy atom. The third-order valence-electron chi connectivity index (χ3n) is 9.56. The molecule has 5 aromatic heterocycles. The van der Waals surface area contributed by atoms with Crippen LogP contribution in [0.4, 0.5) is 5.82 Å². The van der Waals surface area contributed by atoms with E-state index in [1.54, 1.807) is 22.7 Å². The molecule has 1 aromatic carbocycles. The van der Waals surface area contributed by atoms with Gasteiger partial charge in [-0.1, -0.05) is 5.92 Å². The number of nitrogens with one attached hydrogen (secondary N) is 2. The maximum atomic E-state index is 10.0. The fourth-order valence-electron chi connectivity index (χ4n) is 7.22. The molecule has 0 spiro atoms. The first-order valence-electron chi connectivity index (χ1n) is 15.2. The smallest absolute Gasteiger partial charge is 0.319 e. The molecule has 3 aliphatic rings. The summed E-state index contributed by atoms with van der Waals surface area (Å²) in [6.07, 6.45) is 13.3. The molecule has 8 heterocycles. The van der Waals surface area contributed by atoms with E-state index < -0.39 is 5.41 Å². The molecule has 0 aliphatic carbocycles. The number of pyridine rings is 1. The average Bonchev–Trinajstić information content (AvgIpc) is 3.87. The Bertz CT molecular complexity index is 2210. The number of hydrogen-bond donors (Lipinski definition) is 2. The summed E-state index contributed by atoms with van der Waals surface area (Å²) in [6.45, 7) is 3.08. The van der Waals surface area contributed by atoms with Gasteiger partial charge in [-0.3, -0.25) is 10.1 Å². The van der Waals surface area contributed by atoms with Gasteiger partial charge in [0.15, 0.2) is 0 Å². The molecule has 12 heteroatoms. The van der Waals surface area contributed by atoms with E-state index in [-0.39, 0.29) is 6.61 Å². The third-order valence-corrected chi connectivity index (χ3v) is 11.6. The lowest BCUT2D eigenvalue weighted by Gasteiger charge is -2.34. The molecule has 0 amide bonds. The highest BCUT2D eigenvalue weighted by atomic mass is 32.1. The molecule has 2 N–H and O–H groups in total. The molecule has 3 fully saturated rings. The lowest BCUT2D eigenvalue weighted by atomic mass is 9.83. The number of aromatic nitrogens is 5. The number of hydrogen-bond acceptors (Lipinski definition) is 11. The summed E-state index contributed by atoms with van der Waals surface area (Å²) in [4.78, 5) is 18.2. The maximum Gasteiger partial charge on any atom is 0.319 e. The predicted octanol–water partition coefficient (Wildman–Crippen LogP) is 5.62. The normalized spacial score (nSPS) is 21.1. The molecule has 9 rings (SSSR count). The molecule has 2 atom stereocenters. The van der Waals surface area contributed by atoms with Crippen LogP contribution in [0.15, 0.2) is 29.9 Å². The third kappa shape index (κ3) is 4.28. The number of fused-ring (bicyclic) bond motifs is 7. The van der Waals surface area contributed by atoms with Crippen LogP contribution in [0.25, 0.3) is 52.5 Å². The first-order valence-corrected chi connectivity index (χ1v) is 16.9. The first kappa shape index (κ1) is 27.0. The Hall–Kier alpha value is -4.33. The molecule has 6 aromatic rings. The number of nitrogens with zero attached hydrogens (tertiary/aromatic N) is 6. The number of thiophene rings is 2. The van der Waals surface area contributed by atoms with Crippen LogP contribution in [0.1, 0.15) is 31.2 Å². The van der Waals surface area contributed by atoms with Gasteiger partial charge in [0.05, 0.1) is 39.0 Å². The topological polar surface area (TPSA) is 125 Å². The zero-order chi connectivity index (χ0) is 30.1. The Labute approximate surface area is 266 Å². The fraction of sp³-hybridized carbons (Fsp3) is 0.364. The van der Waals surface area contributed by atoms with E-state index in [1.165, 1.54) is 0 Å². The van der Waals surface area contributed by atoms with Gasteiger partial charge in [0, 0.05) is 81.9 Å².